The van der Waals surface area contributed by atoms with Crippen molar-refractivity contribution in [3.05, 3.63) is 29.7 Å². The van der Waals surface area contributed by atoms with E-state index in [1.54, 1.807) is 7.11 Å². The van der Waals surface area contributed by atoms with Gasteiger partial charge >= 0.3 is 0 Å². The van der Waals surface area contributed by atoms with Gasteiger partial charge in [0.05, 0.1) is 18.7 Å². The standard InChI is InChI=1S/C13H17N3O2/c1-8-5-6-10(11(7-8)17-4)12-15-13(18-16-12)9(2)14-3/h5-7,9,14H,1-4H3. The molecule has 0 spiro atoms. The van der Waals surface area contributed by atoms with Gasteiger partial charge in [0.25, 0.3) is 0 Å². The van der Waals surface area contributed by atoms with Crippen molar-refractivity contribution in [2.24, 2.45) is 0 Å². The third-order valence-corrected chi connectivity index (χ3v) is 2.84. The SMILES string of the molecule is CNC(C)c1nc(-c2ccc(C)cc2OC)no1. The lowest BCUT2D eigenvalue weighted by molar-refractivity contribution is 0.347. The molecule has 0 radical (unpaired) electrons. The molecule has 1 atom stereocenters. The van der Waals surface area contributed by atoms with Gasteiger partial charge in [0.1, 0.15) is 5.75 Å². The molecule has 1 aromatic carbocycles. The van der Waals surface area contributed by atoms with Crippen molar-refractivity contribution < 1.29 is 9.26 Å². The molecule has 0 aliphatic carbocycles. The molecule has 2 rings (SSSR count). The fourth-order valence-corrected chi connectivity index (χ4v) is 1.63. The number of rotatable bonds is 4. The van der Waals surface area contributed by atoms with Crippen LogP contribution in [0.3, 0.4) is 0 Å². The van der Waals surface area contributed by atoms with E-state index < -0.39 is 0 Å². The highest BCUT2D eigenvalue weighted by Crippen LogP contribution is 2.29. The maximum absolute atomic E-state index is 5.34. The highest BCUT2D eigenvalue weighted by Gasteiger charge is 2.16. The van der Waals surface area contributed by atoms with Gasteiger partial charge in [-0.1, -0.05) is 11.2 Å². The fourth-order valence-electron chi connectivity index (χ4n) is 1.63. The lowest BCUT2D eigenvalue weighted by Gasteiger charge is -2.05. The van der Waals surface area contributed by atoms with Crippen LogP contribution in [0.2, 0.25) is 0 Å². The van der Waals surface area contributed by atoms with Gasteiger partial charge in [-0.25, -0.2) is 0 Å². The van der Waals surface area contributed by atoms with Gasteiger partial charge in [0.2, 0.25) is 11.7 Å². The second kappa shape index (κ2) is 5.18. The number of hydrogen-bond acceptors (Lipinski definition) is 5. The minimum absolute atomic E-state index is 0.0303. The summed E-state index contributed by atoms with van der Waals surface area (Å²) in [5.41, 5.74) is 1.96. The zero-order chi connectivity index (χ0) is 13.1. The van der Waals surface area contributed by atoms with E-state index in [2.05, 4.69) is 15.5 Å². The Labute approximate surface area is 106 Å². The summed E-state index contributed by atoms with van der Waals surface area (Å²) in [5, 5.41) is 7.04. The summed E-state index contributed by atoms with van der Waals surface area (Å²) in [7, 11) is 3.48. The molecule has 5 heteroatoms. The van der Waals surface area contributed by atoms with Gasteiger partial charge in [0.15, 0.2) is 0 Å². The van der Waals surface area contributed by atoms with Gasteiger partial charge in [0, 0.05) is 0 Å². The average Bonchev–Trinajstić information content (AvgIpc) is 2.87. The number of hydrogen-bond donors (Lipinski definition) is 1. The maximum Gasteiger partial charge on any atom is 0.243 e. The summed E-state index contributed by atoms with van der Waals surface area (Å²) in [4.78, 5) is 4.37. The summed E-state index contributed by atoms with van der Waals surface area (Å²) in [5.74, 6) is 1.86. The Hall–Kier alpha value is -1.88. The molecular formula is C13H17N3O2. The first kappa shape index (κ1) is 12.6. The Balaban J connectivity index is 2.39. The quantitative estimate of drug-likeness (QED) is 0.898. The van der Waals surface area contributed by atoms with Crippen LogP contribution in [0.15, 0.2) is 22.7 Å². The Morgan fingerprint density at radius 2 is 2.17 bits per heavy atom. The van der Waals surface area contributed by atoms with E-state index in [9.17, 15) is 0 Å². The Bertz CT molecular complexity index is 537. The number of aryl methyl sites for hydroxylation is 1. The largest absolute Gasteiger partial charge is 0.496 e. The average molecular weight is 247 g/mol. The van der Waals surface area contributed by atoms with Crippen molar-refractivity contribution in [1.82, 2.24) is 15.5 Å². The smallest absolute Gasteiger partial charge is 0.243 e. The zero-order valence-electron chi connectivity index (χ0n) is 11.0. The van der Waals surface area contributed by atoms with Crippen LogP contribution in [0.4, 0.5) is 0 Å². The van der Waals surface area contributed by atoms with Crippen LogP contribution in [-0.2, 0) is 0 Å². The molecule has 96 valence electrons. The van der Waals surface area contributed by atoms with E-state index in [0.717, 1.165) is 16.9 Å². The molecule has 0 bridgehead atoms. The maximum atomic E-state index is 5.34. The van der Waals surface area contributed by atoms with Gasteiger partial charge in [-0.05, 0) is 38.6 Å². The minimum atomic E-state index is 0.0303. The third-order valence-electron chi connectivity index (χ3n) is 2.84. The predicted octanol–water partition coefficient (Wildman–Crippen LogP) is 2.33. The van der Waals surface area contributed by atoms with Crippen LogP contribution < -0.4 is 10.1 Å². The predicted molar refractivity (Wildman–Crippen MR) is 68.5 cm³/mol. The van der Waals surface area contributed by atoms with Crippen molar-refractivity contribution >= 4 is 0 Å². The lowest BCUT2D eigenvalue weighted by atomic mass is 10.1. The van der Waals surface area contributed by atoms with E-state index >= 15 is 0 Å². The second-order valence-corrected chi connectivity index (χ2v) is 4.17. The molecule has 1 N–H and O–H groups in total. The number of ether oxygens (including phenoxy) is 1. The van der Waals surface area contributed by atoms with E-state index in [1.807, 2.05) is 39.1 Å². The monoisotopic (exact) mass is 247 g/mol. The Morgan fingerprint density at radius 1 is 1.39 bits per heavy atom. The summed E-state index contributed by atoms with van der Waals surface area (Å²) >= 11 is 0. The molecule has 0 aliphatic heterocycles. The van der Waals surface area contributed by atoms with Gasteiger partial charge in [-0.15, -0.1) is 0 Å². The number of nitrogens with zero attached hydrogens (tertiary/aromatic N) is 2. The Kier molecular flexibility index (Phi) is 3.62. The highest BCUT2D eigenvalue weighted by atomic mass is 16.5. The van der Waals surface area contributed by atoms with Crippen molar-refractivity contribution in [1.29, 1.82) is 0 Å². The van der Waals surface area contributed by atoms with E-state index in [-0.39, 0.29) is 6.04 Å². The summed E-state index contributed by atoms with van der Waals surface area (Å²) in [6.07, 6.45) is 0. The normalized spacial score (nSPS) is 12.4. The third kappa shape index (κ3) is 2.36. The highest BCUT2D eigenvalue weighted by molar-refractivity contribution is 5.64. The first-order valence-corrected chi connectivity index (χ1v) is 5.81. The molecule has 2 aromatic rings. The van der Waals surface area contributed by atoms with E-state index in [4.69, 9.17) is 9.26 Å². The molecular weight excluding hydrogens is 230 g/mol. The Morgan fingerprint density at radius 3 is 2.83 bits per heavy atom. The molecule has 1 unspecified atom stereocenters. The molecule has 0 fully saturated rings. The molecule has 0 amide bonds. The fraction of sp³-hybridized carbons (Fsp3) is 0.385. The number of benzene rings is 1. The van der Waals surface area contributed by atoms with E-state index in [0.29, 0.717) is 11.7 Å². The van der Waals surface area contributed by atoms with Crippen LogP contribution in [0.5, 0.6) is 5.75 Å². The van der Waals surface area contributed by atoms with Gasteiger partial charge < -0.3 is 14.6 Å². The molecule has 1 heterocycles. The van der Waals surface area contributed by atoms with Crippen LogP contribution in [-0.4, -0.2) is 24.3 Å². The topological polar surface area (TPSA) is 60.2 Å². The molecule has 18 heavy (non-hydrogen) atoms. The van der Waals surface area contributed by atoms with Crippen molar-refractivity contribution in [3.63, 3.8) is 0 Å². The lowest BCUT2D eigenvalue weighted by Crippen LogP contribution is -2.12. The van der Waals surface area contributed by atoms with Crippen LogP contribution in [0, 0.1) is 6.92 Å². The van der Waals surface area contributed by atoms with E-state index in [1.165, 1.54) is 0 Å². The van der Waals surface area contributed by atoms with Crippen molar-refractivity contribution in [2.75, 3.05) is 14.2 Å². The number of aromatic nitrogens is 2. The molecule has 0 saturated carbocycles. The molecule has 0 saturated heterocycles. The van der Waals surface area contributed by atoms with Crippen molar-refractivity contribution in [3.8, 4) is 17.1 Å². The summed E-state index contributed by atoms with van der Waals surface area (Å²) < 4.78 is 10.6. The van der Waals surface area contributed by atoms with Crippen molar-refractivity contribution in [2.45, 2.75) is 19.9 Å². The minimum Gasteiger partial charge on any atom is -0.496 e. The van der Waals surface area contributed by atoms with Gasteiger partial charge in [-0.3, -0.25) is 0 Å². The number of nitrogens with one attached hydrogen (secondary N) is 1. The van der Waals surface area contributed by atoms with Crippen LogP contribution in [0.1, 0.15) is 24.4 Å². The molecule has 5 nitrogen and oxygen atoms in total. The summed E-state index contributed by atoms with van der Waals surface area (Å²) in [6.45, 7) is 3.97. The van der Waals surface area contributed by atoms with Crippen LogP contribution >= 0.6 is 0 Å². The first-order chi connectivity index (χ1) is 8.65. The summed E-state index contributed by atoms with van der Waals surface area (Å²) in [6, 6.07) is 5.91. The first-order valence-electron chi connectivity index (χ1n) is 5.81. The zero-order valence-corrected chi connectivity index (χ0v) is 11.0. The second-order valence-electron chi connectivity index (χ2n) is 4.17. The molecule has 0 aliphatic rings. The number of methoxy groups -OCH3 is 1. The van der Waals surface area contributed by atoms with Gasteiger partial charge in [-0.2, -0.15) is 4.98 Å². The van der Waals surface area contributed by atoms with Crippen LogP contribution in [0.25, 0.3) is 11.4 Å². The molecule has 1 aromatic heterocycles.